The van der Waals surface area contributed by atoms with E-state index in [1.165, 1.54) is 38.4 Å². The number of carbonyl (C=O) groups is 2. The lowest BCUT2D eigenvalue weighted by Gasteiger charge is -2.24. The van der Waals surface area contributed by atoms with E-state index in [-0.39, 0.29) is 11.8 Å². The third kappa shape index (κ3) is 7.04. The maximum atomic E-state index is 11.6. The minimum atomic E-state index is -0.118. The van der Waals surface area contributed by atoms with E-state index in [0.29, 0.717) is 32.2 Å². The van der Waals surface area contributed by atoms with Crippen molar-refractivity contribution in [3.05, 3.63) is 29.8 Å². The van der Waals surface area contributed by atoms with Gasteiger partial charge in [-0.1, -0.05) is 12.1 Å². The van der Waals surface area contributed by atoms with Crippen LogP contribution in [0.5, 0.6) is 5.75 Å². The van der Waals surface area contributed by atoms with Crippen molar-refractivity contribution in [2.75, 3.05) is 32.8 Å². The van der Waals surface area contributed by atoms with E-state index in [0.717, 1.165) is 12.2 Å². The molecule has 1 heterocycles. The number of nitrogens with zero attached hydrogens (tertiary/aromatic N) is 1. The van der Waals surface area contributed by atoms with Gasteiger partial charge in [0.25, 0.3) is 0 Å². The van der Waals surface area contributed by atoms with Crippen molar-refractivity contribution in [2.45, 2.75) is 45.6 Å². The third-order valence-corrected chi connectivity index (χ3v) is 4.67. The Morgan fingerprint density at radius 1 is 1.19 bits per heavy atom. The van der Waals surface area contributed by atoms with Crippen molar-refractivity contribution in [1.82, 2.24) is 15.5 Å². The maximum absolute atomic E-state index is 11.6. The molecular weight excluding hydrogens is 330 g/mol. The van der Waals surface area contributed by atoms with Gasteiger partial charge in [-0.3, -0.25) is 14.5 Å². The van der Waals surface area contributed by atoms with Gasteiger partial charge < -0.3 is 15.4 Å². The Kier molecular flexibility index (Phi) is 8.41. The van der Waals surface area contributed by atoms with E-state index in [1.54, 1.807) is 0 Å². The second kappa shape index (κ2) is 10.8. The Morgan fingerprint density at radius 2 is 1.96 bits per heavy atom. The van der Waals surface area contributed by atoms with E-state index in [9.17, 15) is 9.59 Å². The van der Waals surface area contributed by atoms with Crippen molar-refractivity contribution in [3.8, 4) is 5.75 Å². The number of hydrogen-bond acceptors (Lipinski definition) is 4. The van der Waals surface area contributed by atoms with Crippen LogP contribution in [0.2, 0.25) is 0 Å². The van der Waals surface area contributed by atoms with E-state index < -0.39 is 0 Å². The highest BCUT2D eigenvalue weighted by Crippen LogP contribution is 2.26. The molecule has 1 fully saturated rings. The van der Waals surface area contributed by atoms with Gasteiger partial charge >= 0.3 is 0 Å². The Balaban J connectivity index is 1.64. The topological polar surface area (TPSA) is 70.7 Å². The number of likely N-dealkylation sites (tertiary alicyclic amines) is 1. The molecule has 0 aliphatic carbocycles. The van der Waals surface area contributed by atoms with Crippen LogP contribution in [0.3, 0.4) is 0 Å². The summed E-state index contributed by atoms with van der Waals surface area (Å²) < 4.78 is 5.83. The van der Waals surface area contributed by atoms with Gasteiger partial charge in [0.2, 0.25) is 11.8 Å². The molecule has 1 aliphatic heterocycles. The molecule has 144 valence electrons. The van der Waals surface area contributed by atoms with Gasteiger partial charge in [0.1, 0.15) is 5.75 Å². The monoisotopic (exact) mass is 361 g/mol. The van der Waals surface area contributed by atoms with E-state index in [2.05, 4.69) is 34.6 Å². The van der Waals surface area contributed by atoms with Gasteiger partial charge in [-0.15, -0.1) is 0 Å². The summed E-state index contributed by atoms with van der Waals surface area (Å²) in [5, 5.41) is 5.44. The summed E-state index contributed by atoms with van der Waals surface area (Å²) >= 11 is 0. The van der Waals surface area contributed by atoms with Crippen LogP contribution < -0.4 is 15.4 Å². The maximum Gasteiger partial charge on any atom is 0.221 e. The highest BCUT2D eigenvalue weighted by atomic mass is 16.5. The number of nitrogens with one attached hydrogen (secondary N) is 2. The van der Waals surface area contributed by atoms with Crippen molar-refractivity contribution in [2.24, 2.45) is 0 Å². The summed E-state index contributed by atoms with van der Waals surface area (Å²) in [6, 6.07) is 8.72. The van der Waals surface area contributed by atoms with Crippen LogP contribution in [0.4, 0.5) is 0 Å². The average molecular weight is 361 g/mol. The molecular formula is C20H31N3O3. The second-order valence-corrected chi connectivity index (χ2v) is 6.78. The first-order valence-corrected chi connectivity index (χ1v) is 9.54. The minimum absolute atomic E-state index is 0.0554. The molecule has 0 aromatic heterocycles. The first kappa shape index (κ1) is 20.2. The van der Waals surface area contributed by atoms with Crippen molar-refractivity contribution < 1.29 is 14.3 Å². The Hall–Kier alpha value is -2.08. The first-order valence-electron chi connectivity index (χ1n) is 9.54. The van der Waals surface area contributed by atoms with Crippen LogP contribution in [0.1, 0.15) is 51.1 Å². The van der Waals surface area contributed by atoms with Crippen LogP contribution in [-0.4, -0.2) is 49.5 Å². The Labute approximate surface area is 156 Å². The van der Waals surface area contributed by atoms with Crippen LogP contribution >= 0.6 is 0 Å². The fourth-order valence-corrected chi connectivity index (χ4v) is 3.13. The average Bonchev–Trinajstić information content (AvgIpc) is 3.15. The van der Waals surface area contributed by atoms with Crippen LogP contribution in [0.15, 0.2) is 24.3 Å². The summed E-state index contributed by atoms with van der Waals surface area (Å²) in [6.07, 6.45) is 3.63. The molecule has 6 nitrogen and oxygen atoms in total. The summed E-state index contributed by atoms with van der Waals surface area (Å²) in [6.45, 7) is 7.55. The molecule has 1 aromatic carbocycles. The molecule has 26 heavy (non-hydrogen) atoms. The molecule has 1 aliphatic rings. The summed E-state index contributed by atoms with van der Waals surface area (Å²) in [7, 11) is 0. The van der Waals surface area contributed by atoms with Crippen molar-refractivity contribution in [1.29, 1.82) is 0 Å². The molecule has 6 heteroatoms. The second-order valence-electron chi connectivity index (χ2n) is 6.78. The quantitative estimate of drug-likeness (QED) is 0.627. The number of rotatable bonds is 10. The lowest BCUT2D eigenvalue weighted by molar-refractivity contribution is -0.121. The SMILES string of the molecule is CC(=O)NCCC(=O)NCCCOc1cccc(C(C)N2CCCC2)c1. The van der Waals surface area contributed by atoms with Gasteiger partial charge in [0, 0.05) is 32.5 Å². The minimum Gasteiger partial charge on any atom is -0.494 e. The first-order chi connectivity index (χ1) is 12.6. The number of benzene rings is 1. The molecule has 0 bridgehead atoms. The molecule has 0 spiro atoms. The van der Waals surface area contributed by atoms with E-state index >= 15 is 0 Å². The van der Waals surface area contributed by atoms with E-state index in [4.69, 9.17) is 4.74 Å². The number of amides is 2. The van der Waals surface area contributed by atoms with Crippen molar-refractivity contribution >= 4 is 11.8 Å². The fourth-order valence-electron chi connectivity index (χ4n) is 3.13. The van der Waals surface area contributed by atoms with Gasteiger partial charge in [-0.05, 0) is 57.0 Å². The number of hydrogen-bond donors (Lipinski definition) is 2. The largest absolute Gasteiger partial charge is 0.494 e. The highest BCUT2D eigenvalue weighted by Gasteiger charge is 2.19. The van der Waals surface area contributed by atoms with Gasteiger partial charge in [-0.25, -0.2) is 0 Å². The third-order valence-electron chi connectivity index (χ3n) is 4.67. The zero-order valence-electron chi connectivity index (χ0n) is 15.9. The molecule has 2 amide bonds. The number of ether oxygens (including phenoxy) is 1. The zero-order chi connectivity index (χ0) is 18.8. The van der Waals surface area contributed by atoms with Gasteiger partial charge in [-0.2, -0.15) is 0 Å². The summed E-state index contributed by atoms with van der Waals surface area (Å²) in [5.41, 5.74) is 1.29. The molecule has 0 radical (unpaired) electrons. The highest BCUT2D eigenvalue weighted by molar-refractivity contribution is 5.77. The molecule has 1 unspecified atom stereocenters. The zero-order valence-corrected chi connectivity index (χ0v) is 15.9. The van der Waals surface area contributed by atoms with E-state index in [1.807, 2.05) is 12.1 Å². The molecule has 2 rings (SSSR count). The predicted molar refractivity (Wildman–Crippen MR) is 102 cm³/mol. The summed E-state index contributed by atoms with van der Waals surface area (Å²) in [4.78, 5) is 24.8. The smallest absolute Gasteiger partial charge is 0.221 e. The Morgan fingerprint density at radius 3 is 2.69 bits per heavy atom. The van der Waals surface area contributed by atoms with Crippen LogP contribution in [0.25, 0.3) is 0 Å². The molecule has 1 saturated heterocycles. The lowest BCUT2D eigenvalue weighted by atomic mass is 10.1. The van der Waals surface area contributed by atoms with Gasteiger partial charge in [0.05, 0.1) is 6.61 Å². The standard InChI is InChI=1S/C20H31N3O3/c1-16(23-12-3-4-13-23)18-7-5-8-19(15-18)26-14-6-10-22-20(25)9-11-21-17(2)24/h5,7-8,15-16H,3-4,6,9-14H2,1-2H3,(H,21,24)(H,22,25). The number of carbonyl (C=O) groups excluding carboxylic acids is 2. The summed E-state index contributed by atoms with van der Waals surface area (Å²) in [5.74, 6) is 0.707. The molecule has 0 saturated carbocycles. The Bertz CT molecular complexity index is 585. The molecule has 1 aromatic rings. The molecule has 2 N–H and O–H groups in total. The lowest BCUT2D eigenvalue weighted by Crippen LogP contribution is -2.30. The van der Waals surface area contributed by atoms with Crippen molar-refractivity contribution in [3.63, 3.8) is 0 Å². The van der Waals surface area contributed by atoms with Crippen LogP contribution in [0, 0.1) is 0 Å². The normalized spacial score (nSPS) is 15.5. The van der Waals surface area contributed by atoms with Gasteiger partial charge in [0.15, 0.2) is 0 Å². The predicted octanol–water partition coefficient (Wildman–Crippen LogP) is 2.25. The molecule has 1 atom stereocenters. The van der Waals surface area contributed by atoms with Crippen LogP contribution in [-0.2, 0) is 9.59 Å². The fraction of sp³-hybridized carbons (Fsp3) is 0.600.